The summed E-state index contributed by atoms with van der Waals surface area (Å²) in [4.78, 5) is 6.65. The van der Waals surface area contributed by atoms with Crippen LogP contribution in [0.3, 0.4) is 0 Å². The number of para-hydroxylation sites is 1. The van der Waals surface area contributed by atoms with Crippen LogP contribution >= 0.6 is 0 Å². The summed E-state index contributed by atoms with van der Waals surface area (Å²) >= 11 is 0. The summed E-state index contributed by atoms with van der Waals surface area (Å²) in [6, 6.07) is 9.71. The van der Waals surface area contributed by atoms with Gasteiger partial charge in [-0.1, -0.05) is 31.5 Å². The molecule has 3 fully saturated rings. The second-order valence-electron chi connectivity index (χ2n) is 7.41. The summed E-state index contributed by atoms with van der Waals surface area (Å²) in [5.41, 5.74) is 4.57. The molecular formula is C19H24N2. The van der Waals surface area contributed by atoms with Crippen molar-refractivity contribution in [3.8, 4) is 0 Å². The zero-order chi connectivity index (χ0) is 14.0. The molecule has 2 saturated heterocycles. The zero-order valence-electron chi connectivity index (χ0n) is 12.8. The number of rotatable bonds is 1. The van der Waals surface area contributed by atoms with Crippen LogP contribution in [-0.4, -0.2) is 29.0 Å². The molecule has 0 amide bonds. The first-order valence-electron chi connectivity index (χ1n) is 8.68. The molecule has 0 radical (unpaired) electrons. The zero-order valence-corrected chi connectivity index (χ0v) is 12.8. The minimum atomic E-state index is 0.757. The number of benzene rings is 1. The molecule has 1 N–H and O–H groups in total. The molecule has 0 spiro atoms. The SMILES string of the molecule is CC[C@H]1C[C@H]2C[C@H]3c4[nH]c5ccccc5c4CCN(C2)[C@H]13. The Labute approximate surface area is 126 Å². The molecule has 2 nitrogen and oxygen atoms in total. The van der Waals surface area contributed by atoms with Gasteiger partial charge in [0.1, 0.15) is 0 Å². The third-order valence-electron chi connectivity index (χ3n) is 6.42. The largest absolute Gasteiger partial charge is 0.358 e. The van der Waals surface area contributed by atoms with E-state index in [9.17, 15) is 0 Å². The Hall–Kier alpha value is -1.28. The summed E-state index contributed by atoms with van der Waals surface area (Å²) in [6.45, 7) is 5.02. The molecule has 1 unspecified atom stereocenters. The molecule has 21 heavy (non-hydrogen) atoms. The first-order chi connectivity index (χ1) is 10.3. The first kappa shape index (κ1) is 12.3. The average Bonchev–Trinajstić information content (AvgIpc) is 2.86. The fraction of sp³-hybridized carbons (Fsp3) is 0.579. The Bertz CT molecular complexity index is 686. The standard InChI is InChI=1S/C19H24N2/c1-2-13-9-12-10-16-18-15(7-8-21(11-12)19(13)16)14-5-3-4-6-17(14)20-18/h3-6,12-13,16,19-20H,2,7-11H2,1H3/t12-,13-,16-,19+/m0/s1. The third-order valence-corrected chi connectivity index (χ3v) is 6.42. The number of nitrogens with zero attached hydrogens (tertiary/aromatic N) is 1. The number of piperidine rings is 2. The van der Waals surface area contributed by atoms with Gasteiger partial charge in [0.05, 0.1) is 0 Å². The highest BCUT2D eigenvalue weighted by molar-refractivity contribution is 5.85. The van der Waals surface area contributed by atoms with Crippen molar-refractivity contribution in [1.29, 1.82) is 0 Å². The fourth-order valence-corrected chi connectivity index (χ4v) is 5.65. The van der Waals surface area contributed by atoms with Crippen molar-refractivity contribution in [3.05, 3.63) is 35.5 Å². The molecule has 4 heterocycles. The van der Waals surface area contributed by atoms with Gasteiger partial charge in [-0.2, -0.15) is 0 Å². The van der Waals surface area contributed by atoms with Crippen LogP contribution in [0.4, 0.5) is 0 Å². The molecular weight excluding hydrogens is 256 g/mol. The lowest BCUT2D eigenvalue weighted by Gasteiger charge is -2.53. The van der Waals surface area contributed by atoms with E-state index in [4.69, 9.17) is 0 Å². The molecule has 4 bridgehead atoms. The first-order valence-corrected chi connectivity index (χ1v) is 8.68. The average molecular weight is 280 g/mol. The van der Waals surface area contributed by atoms with Crippen LogP contribution in [0, 0.1) is 11.8 Å². The van der Waals surface area contributed by atoms with E-state index in [-0.39, 0.29) is 0 Å². The molecule has 3 aliphatic heterocycles. The van der Waals surface area contributed by atoms with E-state index in [1.165, 1.54) is 49.7 Å². The Balaban J connectivity index is 1.69. The van der Waals surface area contributed by atoms with Gasteiger partial charge in [-0.15, -0.1) is 0 Å². The lowest BCUT2D eigenvalue weighted by atomic mass is 9.65. The van der Waals surface area contributed by atoms with E-state index in [0.29, 0.717) is 0 Å². The molecule has 2 heteroatoms. The number of hydrogen-bond donors (Lipinski definition) is 1. The monoisotopic (exact) mass is 280 g/mol. The fourth-order valence-electron chi connectivity index (χ4n) is 5.65. The van der Waals surface area contributed by atoms with Gasteiger partial charge in [-0.25, -0.2) is 0 Å². The maximum atomic E-state index is 3.81. The molecule has 2 aromatic rings. The van der Waals surface area contributed by atoms with Crippen molar-refractivity contribution in [2.24, 2.45) is 11.8 Å². The summed E-state index contributed by atoms with van der Waals surface area (Å²) in [7, 11) is 0. The van der Waals surface area contributed by atoms with Crippen LogP contribution < -0.4 is 0 Å². The molecule has 1 saturated carbocycles. The topological polar surface area (TPSA) is 19.0 Å². The van der Waals surface area contributed by atoms with E-state index >= 15 is 0 Å². The Morgan fingerprint density at radius 1 is 1.24 bits per heavy atom. The van der Waals surface area contributed by atoms with Crippen LogP contribution in [0.15, 0.2) is 24.3 Å². The molecule has 1 aromatic heterocycles. The second kappa shape index (κ2) is 4.36. The van der Waals surface area contributed by atoms with Gasteiger partial charge in [-0.3, -0.25) is 4.90 Å². The van der Waals surface area contributed by atoms with Crippen molar-refractivity contribution >= 4 is 10.9 Å². The highest BCUT2D eigenvalue weighted by Crippen LogP contribution is 2.50. The van der Waals surface area contributed by atoms with Crippen molar-refractivity contribution < 1.29 is 0 Å². The molecule has 5 atom stereocenters. The maximum Gasteiger partial charge on any atom is 0.0459 e. The molecule has 4 aliphatic rings. The van der Waals surface area contributed by atoms with E-state index in [1.54, 1.807) is 11.3 Å². The van der Waals surface area contributed by atoms with E-state index in [1.807, 2.05) is 0 Å². The van der Waals surface area contributed by atoms with E-state index in [0.717, 1.165) is 23.8 Å². The molecule has 1 aliphatic carbocycles. The smallest absolute Gasteiger partial charge is 0.0459 e. The number of H-pyrrole nitrogens is 1. The number of aromatic amines is 1. The quantitative estimate of drug-likeness (QED) is 0.838. The van der Waals surface area contributed by atoms with E-state index in [2.05, 4.69) is 41.1 Å². The predicted octanol–water partition coefficient (Wildman–Crippen LogP) is 3.93. The summed E-state index contributed by atoms with van der Waals surface area (Å²) < 4.78 is 0. The maximum absolute atomic E-state index is 3.81. The lowest BCUT2D eigenvalue weighted by molar-refractivity contribution is -0.0134. The predicted molar refractivity (Wildman–Crippen MR) is 86.6 cm³/mol. The number of fused-ring (bicyclic) bond motifs is 4. The van der Waals surface area contributed by atoms with Crippen LogP contribution in [0.5, 0.6) is 0 Å². The minimum Gasteiger partial charge on any atom is -0.358 e. The van der Waals surface area contributed by atoms with Crippen LogP contribution in [0.2, 0.25) is 0 Å². The summed E-state index contributed by atoms with van der Waals surface area (Å²) in [5.74, 6) is 2.61. The number of aromatic nitrogens is 1. The highest BCUT2D eigenvalue weighted by Gasteiger charge is 2.48. The van der Waals surface area contributed by atoms with Crippen molar-refractivity contribution in [2.75, 3.05) is 13.1 Å². The van der Waals surface area contributed by atoms with Gasteiger partial charge in [0, 0.05) is 41.6 Å². The molecule has 6 rings (SSSR count). The second-order valence-corrected chi connectivity index (χ2v) is 7.41. The van der Waals surface area contributed by atoms with Crippen molar-refractivity contribution in [1.82, 2.24) is 9.88 Å². The summed E-state index contributed by atoms with van der Waals surface area (Å²) in [5, 5.41) is 1.48. The van der Waals surface area contributed by atoms with Gasteiger partial charge in [0.25, 0.3) is 0 Å². The van der Waals surface area contributed by atoms with Crippen molar-refractivity contribution in [2.45, 2.75) is 44.6 Å². The van der Waals surface area contributed by atoms with Gasteiger partial charge in [-0.05, 0) is 42.7 Å². The third kappa shape index (κ3) is 1.63. The van der Waals surface area contributed by atoms with E-state index < -0.39 is 0 Å². The van der Waals surface area contributed by atoms with Crippen LogP contribution in [-0.2, 0) is 6.42 Å². The Morgan fingerprint density at radius 3 is 3.05 bits per heavy atom. The van der Waals surface area contributed by atoms with Gasteiger partial charge >= 0.3 is 0 Å². The lowest BCUT2D eigenvalue weighted by Crippen LogP contribution is -2.56. The normalized spacial score (nSPS) is 37.5. The molecule has 110 valence electrons. The number of nitrogens with one attached hydrogen (secondary N) is 1. The summed E-state index contributed by atoms with van der Waals surface area (Å²) in [6.07, 6.45) is 5.47. The Morgan fingerprint density at radius 2 is 2.14 bits per heavy atom. The van der Waals surface area contributed by atoms with Crippen LogP contribution in [0.25, 0.3) is 10.9 Å². The molecule has 1 aromatic carbocycles. The minimum absolute atomic E-state index is 0.757. The Kier molecular flexibility index (Phi) is 2.55. The highest BCUT2D eigenvalue weighted by atomic mass is 15.2. The van der Waals surface area contributed by atoms with Gasteiger partial charge < -0.3 is 4.98 Å². The van der Waals surface area contributed by atoms with Gasteiger partial charge in [0.15, 0.2) is 0 Å². The van der Waals surface area contributed by atoms with Gasteiger partial charge in [0.2, 0.25) is 0 Å². The van der Waals surface area contributed by atoms with Crippen LogP contribution in [0.1, 0.15) is 43.4 Å². The number of hydrogen-bond acceptors (Lipinski definition) is 1. The van der Waals surface area contributed by atoms with Crippen molar-refractivity contribution in [3.63, 3.8) is 0 Å².